The molecule has 0 bridgehead atoms. The highest BCUT2D eigenvalue weighted by Gasteiger charge is 2.41. The second-order valence-electron chi connectivity index (χ2n) is 7.62. The van der Waals surface area contributed by atoms with Gasteiger partial charge in [0.15, 0.2) is 0 Å². The van der Waals surface area contributed by atoms with E-state index in [0.717, 1.165) is 6.42 Å². The van der Waals surface area contributed by atoms with Crippen molar-refractivity contribution < 1.29 is 23.9 Å². The lowest BCUT2D eigenvalue weighted by atomic mass is 9.95. The van der Waals surface area contributed by atoms with Crippen LogP contribution in [0.2, 0.25) is 0 Å². The summed E-state index contributed by atoms with van der Waals surface area (Å²) in [6, 6.07) is 6.68. The molecule has 8 heteroatoms. The predicted molar refractivity (Wildman–Crippen MR) is 108 cm³/mol. The van der Waals surface area contributed by atoms with Crippen molar-refractivity contribution in [3.05, 3.63) is 29.8 Å². The summed E-state index contributed by atoms with van der Waals surface area (Å²) in [7, 11) is 1.31. The Kier molecular flexibility index (Phi) is 6.61. The smallest absolute Gasteiger partial charge is 0.410 e. The topological polar surface area (TPSA) is 88.2 Å². The van der Waals surface area contributed by atoms with E-state index in [4.69, 9.17) is 9.47 Å². The molecule has 0 aliphatic carbocycles. The zero-order valence-corrected chi connectivity index (χ0v) is 17.2. The number of cyclic esters (lactones) is 1. The molecule has 8 nitrogen and oxygen atoms in total. The van der Waals surface area contributed by atoms with E-state index in [2.05, 4.69) is 19.2 Å². The first kappa shape index (κ1) is 21.0. The molecule has 3 rings (SSSR count). The van der Waals surface area contributed by atoms with Crippen LogP contribution >= 0.6 is 0 Å². The number of nitrogens with zero attached hydrogens (tertiary/aromatic N) is 2. The molecule has 1 N–H and O–H groups in total. The molecule has 2 aliphatic rings. The van der Waals surface area contributed by atoms with E-state index < -0.39 is 5.97 Å². The standard InChI is InChI=1S/C21H29N3O5/c1-4-14(2)18-13-29-21(27)24(18)15-9-11-23(12-10-15)20(26)22-17-8-6-5-7-16(17)19(25)28-3/h5-8,14-15,18H,4,9-13H2,1-3H3,(H,22,26)/t14-,18+/m0/s1. The maximum absolute atomic E-state index is 12.7. The number of carbonyl (C=O) groups excluding carboxylic acids is 3. The van der Waals surface area contributed by atoms with Gasteiger partial charge in [0, 0.05) is 19.1 Å². The summed E-state index contributed by atoms with van der Waals surface area (Å²) in [5, 5.41) is 2.81. The van der Waals surface area contributed by atoms with E-state index in [1.165, 1.54) is 7.11 Å². The lowest BCUT2D eigenvalue weighted by molar-refractivity contribution is 0.0602. The molecule has 2 fully saturated rings. The van der Waals surface area contributed by atoms with Gasteiger partial charge in [-0.2, -0.15) is 0 Å². The number of hydrogen-bond donors (Lipinski definition) is 1. The lowest BCUT2D eigenvalue weighted by Crippen LogP contribution is -2.51. The van der Waals surface area contributed by atoms with Gasteiger partial charge in [0.25, 0.3) is 0 Å². The fraction of sp³-hybridized carbons (Fsp3) is 0.571. The number of likely N-dealkylation sites (tertiary alicyclic amines) is 1. The van der Waals surface area contributed by atoms with Gasteiger partial charge < -0.3 is 19.7 Å². The Labute approximate surface area is 171 Å². The molecule has 1 aromatic carbocycles. The van der Waals surface area contributed by atoms with Crippen LogP contribution in [0.1, 0.15) is 43.5 Å². The van der Waals surface area contributed by atoms with Gasteiger partial charge in [-0.15, -0.1) is 0 Å². The van der Waals surface area contributed by atoms with Crippen molar-refractivity contribution in [2.24, 2.45) is 5.92 Å². The summed E-state index contributed by atoms with van der Waals surface area (Å²) >= 11 is 0. The van der Waals surface area contributed by atoms with Gasteiger partial charge in [-0.25, -0.2) is 14.4 Å². The molecule has 0 unspecified atom stereocenters. The van der Waals surface area contributed by atoms with E-state index in [-0.39, 0.29) is 24.2 Å². The minimum Gasteiger partial charge on any atom is -0.465 e. The number of rotatable bonds is 5. The molecule has 0 saturated carbocycles. The summed E-state index contributed by atoms with van der Waals surface area (Å²) in [5.74, 6) is -0.124. The minimum absolute atomic E-state index is 0.0791. The Hall–Kier alpha value is -2.77. The van der Waals surface area contributed by atoms with Crippen molar-refractivity contribution in [3.8, 4) is 0 Å². The highest BCUT2D eigenvalue weighted by molar-refractivity contribution is 6.00. The van der Waals surface area contributed by atoms with Crippen molar-refractivity contribution in [3.63, 3.8) is 0 Å². The molecule has 0 radical (unpaired) electrons. The van der Waals surface area contributed by atoms with Crippen LogP contribution in [0.15, 0.2) is 24.3 Å². The predicted octanol–water partition coefficient (Wildman–Crippen LogP) is 3.34. The van der Waals surface area contributed by atoms with E-state index >= 15 is 0 Å². The van der Waals surface area contributed by atoms with Crippen molar-refractivity contribution in [2.45, 2.75) is 45.2 Å². The van der Waals surface area contributed by atoms with Crippen molar-refractivity contribution in [1.29, 1.82) is 0 Å². The minimum atomic E-state index is -0.497. The fourth-order valence-electron chi connectivity index (χ4n) is 4.00. The number of nitrogens with one attached hydrogen (secondary N) is 1. The van der Waals surface area contributed by atoms with Gasteiger partial charge in [0.05, 0.1) is 24.4 Å². The quantitative estimate of drug-likeness (QED) is 0.762. The summed E-state index contributed by atoms with van der Waals surface area (Å²) in [5.41, 5.74) is 0.737. The number of hydrogen-bond acceptors (Lipinski definition) is 5. The first-order valence-corrected chi connectivity index (χ1v) is 10.1. The number of amides is 3. The van der Waals surface area contributed by atoms with Gasteiger partial charge in [-0.1, -0.05) is 32.4 Å². The molecule has 0 aromatic heterocycles. The largest absolute Gasteiger partial charge is 0.465 e. The Balaban J connectivity index is 1.60. The Bertz CT molecular complexity index is 760. The molecule has 3 amide bonds. The highest BCUT2D eigenvalue weighted by Crippen LogP contribution is 2.29. The number of methoxy groups -OCH3 is 1. The number of benzene rings is 1. The third kappa shape index (κ3) is 4.46. The normalized spacial score (nSPS) is 20.9. The number of urea groups is 1. The zero-order chi connectivity index (χ0) is 21.0. The molecule has 1 aromatic rings. The van der Waals surface area contributed by atoms with Crippen LogP contribution in [-0.4, -0.2) is 66.8 Å². The van der Waals surface area contributed by atoms with Gasteiger partial charge in [0.2, 0.25) is 0 Å². The van der Waals surface area contributed by atoms with E-state index in [0.29, 0.717) is 49.7 Å². The highest BCUT2D eigenvalue weighted by atomic mass is 16.6. The number of ether oxygens (including phenoxy) is 2. The Morgan fingerprint density at radius 3 is 2.62 bits per heavy atom. The average Bonchev–Trinajstić information content (AvgIpc) is 3.14. The van der Waals surface area contributed by atoms with Crippen molar-refractivity contribution in [2.75, 3.05) is 32.1 Å². The van der Waals surface area contributed by atoms with Gasteiger partial charge in [0.1, 0.15) is 6.61 Å². The molecule has 158 valence electrons. The van der Waals surface area contributed by atoms with Gasteiger partial charge in [-0.05, 0) is 30.9 Å². The van der Waals surface area contributed by atoms with Crippen LogP contribution in [0.5, 0.6) is 0 Å². The SMILES string of the molecule is CC[C@H](C)[C@H]1COC(=O)N1C1CCN(C(=O)Nc2ccccc2C(=O)OC)CC1. The zero-order valence-electron chi connectivity index (χ0n) is 17.2. The van der Waals surface area contributed by atoms with Crippen LogP contribution < -0.4 is 5.32 Å². The molecular formula is C21H29N3O5. The molecule has 2 saturated heterocycles. The molecule has 2 aliphatic heterocycles. The van der Waals surface area contributed by atoms with Crippen LogP contribution in [0.25, 0.3) is 0 Å². The molecule has 2 heterocycles. The van der Waals surface area contributed by atoms with Crippen LogP contribution in [0.4, 0.5) is 15.3 Å². The van der Waals surface area contributed by atoms with Crippen molar-refractivity contribution in [1.82, 2.24) is 9.80 Å². The second kappa shape index (κ2) is 9.15. The number of para-hydroxylation sites is 1. The van der Waals surface area contributed by atoms with E-state index in [1.807, 2.05) is 4.90 Å². The maximum atomic E-state index is 12.7. The number of carbonyl (C=O) groups is 3. The van der Waals surface area contributed by atoms with E-state index in [1.54, 1.807) is 29.2 Å². The van der Waals surface area contributed by atoms with Crippen LogP contribution in [0.3, 0.4) is 0 Å². The number of piperidine rings is 1. The fourth-order valence-corrected chi connectivity index (χ4v) is 4.00. The third-order valence-electron chi connectivity index (χ3n) is 5.97. The summed E-state index contributed by atoms with van der Waals surface area (Å²) < 4.78 is 10.1. The van der Waals surface area contributed by atoms with E-state index in [9.17, 15) is 14.4 Å². The number of anilines is 1. The lowest BCUT2D eigenvalue weighted by Gasteiger charge is -2.39. The van der Waals surface area contributed by atoms with Gasteiger partial charge >= 0.3 is 18.1 Å². The van der Waals surface area contributed by atoms with Crippen molar-refractivity contribution >= 4 is 23.8 Å². The summed E-state index contributed by atoms with van der Waals surface area (Å²) in [4.78, 5) is 40.4. The molecule has 29 heavy (non-hydrogen) atoms. The third-order valence-corrected chi connectivity index (χ3v) is 5.97. The molecule has 0 spiro atoms. The Morgan fingerprint density at radius 2 is 1.97 bits per heavy atom. The first-order chi connectivity index (χ1) is 14.0. The average molecular weight is 403 g/mol. The van der Waals surface area contributed by atoms with Gasteiger partial charge in [-0.3, -0.25) is 4.90 Å². The first-order valence-electron chi connectivity index (χ1n) is 10.1. The second-order valence-corrected chi connectivity index (χ2v) is 7.62. The Morgan fingerprint density at radius 1 is 1.28 bits per heavy atom. The van der Waals surface area contributed by atoms with Crippen LogP contribution in [-0.2, 0) is 9.47 Å². The maximum Gasteiger partial charge on any atom is 0.410 e. The molecular weight excluding hydrogens is 374 g/mol. The molecule has 2 atom stereocenters. The van der Waals surface area contributed by atoms with Crippen LogP contribution in [0, 0.1) is 5.92 Å². The summed E-state index contributed by atoms with van der Waals surface area (Å²) in [6.45, 7) is 5.77. The monoisotopic (exact) mass is 403 g/mol. The summed E-state index contributed by atoms with van der Waals surface area (Å²) in [6.07, 6.45) is 2.14. The number of esters is 1.